The number of rotatable bonds is 31. The Morgan fingerprint density at radius 2 is 1.13 bits per heavy atom. The molecule has 3 aromatic carbocycles. The highest BCUT2D eigenvalue weighted by Crippen LogP contribution is 2.28. The summed E-state index contributed by atoms with van der Waals surface area (Å²) in [6.45, 7) is 6.87. The van der Waals surface area contributed by atoms with Gasteiger partial charge in [0.25, 0.3) is 0 Å². The van der Waals surface area contributed by atoms with Crippen LogP contribution < -0.4 is 75.3 Å². The number of amides is 15. The summed E-state index contributed by atoms with van der Waals surface area (Å²) in [6.07, 6.45) is 5.15. The van der Waals surface area contributed by atoms with Crippen molar-refractivity contribution in [2.45, 2.75) is 183 Å². The van der Waals surface area contributed by atoms with Gasteiger partial charge < -0.3 is 110 Å². The van der Waals surface area contributed by atoms with Crippen molar-refractivity contribution in [1.82, 2.24) is 93.6 Å². The van der Waals surface area contributed by atoms with Gasteiger partial charge in [0, 0.05) is 114 Å². The molecule has 2 aliphatic heterocycles. The number of nitrogens with one attached hydrogen (secondary N) is 16. The third-order valence-corrected chi connectivity index (χ3v) is 23.5. The third-order valence-electron chi connectivity index (χ3n) is 20.4. The van der Waals surface area contributed by atoms with Crippen LogP contribution in [0.5, 0.6) is 0 Å². The number of aliphatic hydroxyl groups is 1. The zero-order valence-corrected chi connectivity index (χ0v) is 68.5. The van der Waals surface area contributed by atoms with Gasteiger partial charge in [-0.3, -0.25) is 76.7 Å². The summed E-state index contributed by atoms with van der Waals surface area (Å²) in [5.41, 5.74) is 15.3. The molecule has 15 atom stereocenters. The van der Waals surface area contributed by atoms with Crippen molar-refractivity contribution >= 4 is 161 Å². The minimum Gasteiger partial charge on any atom is -0.481 e. The van der Waals surface area contributed by atoms with Gasteiger partial charge in [0.15, 0.2) is 0 Å². The van der Waals surface area contributed by atoms with E-state index in [-0.39, 0.29) is 50.8 Å². The number of primary amides is 2. The number of carboxylic acids is 1. The Morgan fingerprint density at radius 3 is 1.70 bits per heavy atom. The van der Waals surface area contributed by atoms with Crippen LogP contribution in [0.4, 0.5) is 0 Å². The molecule has 0 saturated carbocycles. The molecular formula is C78H100N20O18S3. The van der Waals surface area contributed by atoms with Gasteiger partial charge >= 0.3 is 5.97 Å². The Morgan fingerprint density at radius 1 is 0.597 bits per heavy atom. The summed E-state index contributed by atoms with van der Waals surface area (Å²) in [5.74, 6) is -18.4. The second-order valence-electron chi connectivity index (χ2n) is 29.3. The Bertz CT molecular complexity index is 4860. The van der Waals surface area contributed by atoms with Crippen molar-refractivity contribution in [1.29, 1.82) is 0 Å². The molecule has 9 rings (SSSR count). The summed E-state index contributed by atoms with van der Waals surface area (Å²) in [4.78, 5) is 247. The minimum absolute atomic E-state index is 0.0551. The van der Waals surface area contributed by atoms with Crippen LogP contribution in [0.2, 0.25) is 0 Å². The molecule has 7 aromatic rings. The monoisotopic (exact) mass is 1700 g/mol. The van der Waals surface area contributed by atoms with Gasteiger partial charge in [0.05, 0.1) is 25.3 Å². The molecule has 638 valence electrons. The fourth-order valence-corrected chi connectivity index (χ4v) is 16.6. The minimum atomic E-state index is -2.07. The van der Waals surface area contributed by atoms with Crippen molar-refractivity contribution in [2.24, 2.45) is 17.4 Å². The number of nitrogens with two attached hydrogens (primary N) is 2. The summed E-state index contributed by atoms with van der Waals surface area (Å²) in [6, 6.07) is -0.268. The highest BCUT2D eigenvalue weighted by molar-refractivity contribution is 8.76. The van der Waals surface area contributed by atoms with Gasteiger partial charge in [-0.05, 0) is 85.9 Å². The number of fused-ring (bicyclic) bond motifs is 3. The molecule has 0 aliphatic carbocycles. The van der Waals surface area contributed by atoms with E-state index in [2.05, 4.69) is 88.7 Å². The van der Waals surface area contributed by atoms with Crippen LogP contribution in [0, 0.1) is 5.92 Å². The molecule has 0 bridgehead atoms. The predicted octanol–water partition coefficient (Wildman–Crippen LogP) is -1.62. The van der Waals surface area contributed by atoms with Gasteiger partial charge in [0.1, 0.15) is 78.5 Å². The van der Waals surface area contributed by atoms with Crippen molar-refractivity contribution in [2.75, 3.05) is 30.1 Å². The average molecular weight is 1700 g/mol. The second kappa shape index (κ2) is 42.9. The highest BCUT2D eigenvalue weighted by Gasteiger charge is 2.42. The maximum absolute atomic E-state index is 15.4. The van der Waals surface area contributed by atoms with Crippen LogP contribution in [0.1, 0.15) is 95.5 Å². The maximum Gasteiger partial charge on any atom is 0.305 e. The number of aromatic nitrogens is 5. The number of aliphatic hydroxyl groups excluding tert-OH is 1. The number of likely N-dealkylation sites (tertiary alicyclic amines) is 1. The number of aromatic amines is 4. The Hall–Kier alpha value is -12.0. The number of carboxylic acid groups (broad SMARTS) is 1. The van der Waals surface area contributed by atoms with Gasteiger partial charge in [-0.1, -0.05) is 96.5 Å². The lowest BCUT2D eigenvalue weighted by molar-refractivity contribution is -0.142. The maximum atomic E-state index is 15.4. The first-order valence-electron chi connectivity index (χ1n) is 38.6. The van der Waals surface area contributed by atoms with Crippen molar-refractivity contribution in [3.63, 3.8) is 0 Å². The number of carbonyl (C=O) groups is 16. The molecule has 0 unspecified atom stereocenters. The van der Waals surface area contributed by atoms with E-state index in [0.29, 0.717) is 61.6 Å². The van der Waals surface area contributed by atoms with Crippen LogP contribution in [0.25, 0.3) is 32.7 Å². The molecule has 22 N–H and O–H groups in total. The largest absolute Gasteiger partial charge is 0.481 e. The van der Waals surface area contributed by atoms with Gasteiger partial charge in [0.2, 0.25) is 88.6 Å². The topological polar surface area (TPSA) is 589 Å². The number of hydrogen-bond acceptors (Lipinski definition) is 21. The van der Waals surface area contributed by atoms with E-state index in [1.807, 2.05) is 0 Å². The van der Waals surface area contributed by atoms with Crippen molar-refractivity contribution < 1.29 is 86.9 Å². The van der Waals surface area contributed by atoms with Crippen LogP contribution >= 0.6 is 33.3 Å². The van der Waals surface area contributed by atoms with E-state index in [1.54, 1.807) is 111 Å². The Kier molecular flexibility index (Phi) is 32.8. The molecule has 0 spiro atoms. The van der Waals surface area contributed by atoms with Gasteiger partial charge in [-0.25, -0.2) is 4.98 Å². The first-order chi connectivity index (χ1) is 56.8. The summed E-state index contributed by atoms with van der Waals surface area (Å²) < 4.78 is 0. The van der Waals surface area contributed by atoms with Crippen LogP contribution in [0.15, 0.2) is 104 Å². The van der Waals surface area contributed by atoms with Gasteiger partial charge in [-0.2, -0.15) is 11.8 Å². The molecule has 4 aromatic heterocycles. The third kappa shape index (κ3) is 25.0. The van der Waals surface area contributed by atoms with E-state index in [0.717, 1.165) is 21.6 Å². The number of H-pyrrole nitrogens is 4. The van der Waals surface area contributed by atoms with E-state index in [4.69, 9.17) is 11.5 Å². The number of aliphatic carboxylic acids is 1. The van der Waals surface area contributed by atoms with Crippen LogP contribution in [-0.2, 0) is 102 Å². The first-order valence-corrected chi connectivity index (χ1v) is 42.4. The van der Waals surface area contributed by atoms with E-state index >= 15 is 19.2 Å². The summed E-state index contributed by atoms with van der Waals surface area (Å²) in [7, 11) is 1.49. The molecule has 2 fully saturated rings. The van der Waals surface area contributed by atoms with Gasteiger partial charge in [-0.15, -0.1) is 0 Å². The number of carbonyl (C=O) groups excluding carboxylic acids is 15. The van der Waals surface area contributed by atoms with Crippen LogP contribution in [0.3, 0.4) is 0 Å². The summed E-state index contributed by atoms with van der Waals surface area (Å²) >= 11 is 1.41. The molecule has 2 saturated heterocycles. The lowest BCUT2D eigenvalue weighted by Crippen LogP contribution is -2.63. The fraction of sp³-hybridized carbons (Fsp3) is 0.449. The highest BCUT2D eigenvalue weighted by atomic mass is 33.1. The number of para-hydroxylation sites is 3. The fourth-order valence-electron chi connectivity index (χ4n) is 13.8. The molecule has 119 heavy (non-hydrogen) atoms. The number of hydrogen-bond donors (Lipinski definition) is 20. The van der Waals surface area contributed by atoms with Crippen LogP contribution in [-0.4, -0.2) is 249 Å². The zero-order chi connectivity index (χ0) is 86.3. The van der Waals surface area contributed by atoms with E-state index < -0.39 is 216 Å². The molecule has 2 aliphatic rings. The number of benzene rings is 3. The Labute approximate surface area is 694 Å². The lowest BCUT2D eigenvalue weighted by Gasteiger charge is -2.30. The molecule has 41 heteroatoms. The smallest absolute Gasteiger partial charge is 0.305 e. The Balaban J connectivity index is 1.07. The van der Waals surface area contributed by atoms with Crippen molar-refractivity contribution in [3.05, 3.63) is 126 Å². The SMILES string of the molecule is CC[C@H](C)[C@H](NC(=O)[C@@H](NC(=O)[C@H](Cc1c[nH]c2ccccc12)NC(=O)[C@H](CCSC)NC(C)=O)[C@@H](C)O)C(=O)N[C@H]1CSSC[C@@H](C(=O)N[C@@H](Cc2c[nH]c3ccccc23)C(=O)N2CCC[C@H]2C(N)=O)NC(=O)[C@H](CC(=O)O)NC(=O)[C@H](Cc2cnc[nH]2)NC(=O)[C@H](Cc2c[nH]c3ccccc23)NC(=O)[C@@H](C)NC(=O)[C@H](CC(N)=O)NC1=O. The number of imidazole rings is 1. The standard InChI is InChI=1S/C78H100N20O18S3/c1-7-38(2)64(96-77(115)65(40(4)99)97-73(111)54(26-43-32-83-50-19-12-9-16-47(43)50)89-68(106)52(22-24-117-6)87-41(5)100)76(114)95-60-36-119-118-35-59(75(113)93-58(78(116)98-23-14-21-61(98)66(80)104)27-44-33-84-51-20-13-10-17-48(44)51)94-72(110)57(30-63(102)103)92-71(109)55(28-45-34-81-37-85-45)90-70(108)53(25-42-31-82-49-18-11-8-15-46(42)49)88-67(105)39(3)86-69(107)56(29-62(79)101)91-74(60)112/h8-13,15-20,31-34,37-40,52-61,64-65,82-84,99H,7,14,21-30,35-36H2,1-6H3,(H2,79,101)(H2,80,104)(H,81,85)(H,86,107)(H,87,100)(H,88,105)(H,89,106)(H,90,108)(H,91,112)(H,92,109)(H,93,113)(H,94,110)(H,95,114)(H,96,115)(H,97,111)(H,102,103)/t38-,39+,40+,52-,53-,54-,55-,56-,57-,58-,59-,60-,61-,64-,65-/m0/s1. The lowest BCUT2D eigenvalue weighted by atomic mass is 9.97. The number of nitrogens with zero attached hydrogens (tertiary/aromatic N) is 2. The van der Waals surface area contributed by atoms with Crippen molar-refractivity contribution in [3.8, 4) is 0 Å². The average Bonchev–Trinajstić information content (AvgIpc) is 1.70. The normalized spacial score (nSPS) is 21.2. The number of thioether (sulfide) groups is 1. The molecule has 15 amide bonds. The van der Waals surface area contributed by atoms with E-state index in [1.165, 1.54) is 50.0 Å². The molecule has 0 radical (unpaired) electrons. The first kappa shape index (κ1) is 90.9. The quantitative estimate of drug-likeness (QED) is 0.0217. The zero-order valence-electron chi connectivity index (χ0n) is 66.1. The second-order valence-corrected chi connectivity index (χ2v) is 32.8. The summed E-state index contributed by atoms with van der Waals surface area (Å²) in [5, 5.41) is 54.5. The molecule has 6 heterocycles. The molecular weight excluding hydrogens is 1600 g/mol. The predicted molar refractivity (Wildman–Crippen MR) is 442 cm³/mol. The van der Waals surface area contributed by atoms with E-state index in [9.17, 15) is 67.7 Å². The molecule has 38 nitrogen and oxygen atoms in total.